The van der Waals surface area contributed by atoms with Gasteiger partial charge in [0.05, 0.1) is 26.4 Å². The smallest absolute Gasteiger partial charge is 0.462 e. The number of aliphatic hydroxyl groups is 1. The van der Waals surface area contributed by atoms with Crippen molar-refractivity contribution in [2.24, 2.45) is 0 Å². The molecule has 2 unspecified atom stereocenters. The Morgan fingerprint density at radius 3 is 0.861 bits per heavy atom. The van der Waals surface area contributed by atoms with Gasteiger partial charge in [0.1, 0.15) is 19.3 Å². The minimum atomic E-state index is -5.02. The number of esters is 4. The lowest BCUT2D eigenvalue weighted by Gasteiger charge is -2.21. The van der Waals surface area contributed by atoms with Crippen molar-refractivity contribution < 1.29 is 80.2 Å². The molecule has 0 aliphatic rings. The molecule has 0 aliphatic carbocycles. The maximum absolute atomic E-state index is 13.1. The lowest BCUT2D eigenvalue weighted by Crippen LogP contribution is -2.30. The minimum Gasteiger partial charge on any atom is -0.462 e. The maximum atomic E-state index is 13.1. The summed E-state index contributed by atoms with van der Waals surface area (Å²) in [5, 5.41) is 10.7. The van der Waals surface area contributed by atoms with Crippen LogP contribution < -0.4 is 0 Å². The Morgan fingerprint density at radius 2 is 0.509 bits per heavy atom. The molecule has 3 N–H and O–H groups in total. The van der Waals surface area contributed by atoms with Gasteiger partial charge in [-0.2, -0.15) is 0 Å². The predicted molar refractivity (Wildman–Crippen MR) is 445 cm³/mol. The summed E-state index contributed by atoms with van der Waals surface area (Å²) in [6, 6.07) is 0. The van der Waals surface area contributed by atoms with Crippen LogP contribution in [0.1, 0.15) is 297 Å². The lowest BCUT2D eigenvalue weighted by atomic mass is 10.1. The normalized spacial score (nSPS) is 14.8. The molecule has 0 radical (unpaired) electrons. The molecule has 612 valence electrons. The molecule has 0 saturated carbocycles. The maximum Gasteiger partial charge on any atom is 0.472 e. The van der Waals surface area contributed by atoms with Crippen LogP contribution in [0.2, 0.25) is 0 Å². The van der Waals surface area contributed by atoms with Crippen molar-refractivity contribution in [1.29, 1.82) is 0 Å². The highest BCUT2D eigenvalue weighted by atomic mass is 31.2. The molecular formula is C89H144O17P2. The van der Waals surface area contributed by atoms with E-state index in [9.17, 15) is 43.2 Å². The summed E-state index contributed by atoms with van der Waals surface area (Å²) in [7, 11) is -10.0. The summed E-state index contributed by atoms with van der Waals surface area (Å²) >= 11 is 0. The van der Waals surface area contributed by atoms with Crippen LogP contribution >= 0.6 is 15.6 Å². The molecule has 0 heterocycles. The Bertz CT molecular complexity index is 2760. The average Bonchev–Trinajstić information content (AvgIpc) is 0.992. The standard InChI is InChI=1S/C89H144O17P2/c1-5-9-13-17-21-25-29-33-36-39-41-44-47-51-54-58-62-66-70-74-87(92)100-80-85(106-89(94)76-72-68-64-60-56-52-48-45-42-40-37-34-30-26-22-18-14-10-6-2)82-104-108(97,98)102-78-83(90)77-101-107(95,96)103-81-84(105-88(93)75-71-67-63-59-55-49-32-28-24-20-16-12-8-4)79-99-86(91)73-69-65-61-57-53-50-46-43-38-35-31-27-23-19-15-11-7-3/h10,14,21-23,25-28,32-38,41-42,44-46,50-52,54,56-57,61-62,66,83-85,90H,5-9,11-13,15-20,24,29-31,39-40,43,47-49,53,55,58-60,63-65,67-82H2,1-4H3,(H,95,96)(H,97,98)/b14-10-,25-21-,26-22-,27-23-,32-28-,36-33-,37-34-,38-35-,44-41-,45-42-,50-46-,54-51-,56-52-,61-57-,66-62-/t83-,84+,85+/m0/s1. The second-order valence-electron chi connectivity index (χ2n) is 26.6. The molecule has 19 heteroatoms. The summed E-state index contributed by atoms with van der Waals surface area (Å²) < 4.78 is 68.5. The molecule has 0 aromatic rings. The molecule has 108 heavy (non-hydrogen) atoms. The summed E-state index contributed by atoms with van der Waals surface area (Å²) in [5.74, 6) is -2.40. The fourth-order valence-electron chi connectivity index (χ4n) is 10.1. The van der Waals surface area contributed by atoms with E-state index in [1.807, 2.05) is 30.4 Å². The van der Waals surface area contributed by atoms with E-state index in [-0.39, 0.29) is 25.7 Å². The number of hydrogen-bond acceptors (Lipinski definition) is 15. The van der Waals surface area contributed by atoms with E-state index < -0.39 is 97.5 Å². The highest BCUT2D eigenvalue weighted by Gasteiger charge is 2.30. The second kappa shape index (κ2) is 79.3. The first-order valence-electron chi connectivity index (χ1n) is 41.0. The average molecular weight is 1550 g/mol. The summed E-state index contributed by atoms with van der Waals surface area (Å²) in [6.45, 7) is 4.48. The van der Waals surface area contributed by atoms with Gasteiger partial charge >= 0.3 is 39.5 Å². The summed E-state index contributed by atoms with van der Waals surface area (Å²) in [5.41, 5.74) is 0. The van der Waals surface area contributed by atoms with E-state index in [0.717, 1.165) is 141 Å². The molecule has 0 spiro atoms. The van der Waals surface area contributed by atoms with Crippen molar-refractivity contribution in [3.63, 3.8) is 0 Å². The number of carbonyl (C=O) groups excluding carboxylic acids is 4. The largest absolute Gasteiger partial charge is 0.472 e. The van der Waals surface area contributed by atoms with Gasteiger partial charge in [-0.05, 0) is 173 Å². The predicted octanol–water partition coefficient (Wildman–Crippen LogP) is 24.3. The molecule has 17 nitrogen and oxygen atoms in total. The first kappa shape index (κ1) is 102. The Morgan fingerprint density at radius 1 is 0.269 bits per heavy atom. The van der Waals surface area contributed by atoms with E-state index in [0.29, 0.717) is 38.5 Å². The third-order valence-electron chi connectivity index (χ3n) is 16.3. The number of allylic oxidation sites excluding steroid dienone is 30. The van der Waals surface area contributed by atoms with Crippen LogP contribution in [-0.4, -0.2) is 96.7 Å². The second-order valence-corrected chi connectivity index (χ2v) is 29.5. The minimum absolute atomic E-state index is 0.0221. The molecule has 0 fully saturated rings. The van der Waals surface area contributed by atoms with E-state index >= 15 is 0 Å². The molecule has 0 aliphatic heterocycles. The third kappa shape index (κ3) is 78.3. The first-order chi connectivity index (χ1) is 52.7. The third-order valence-corrected chi connectivity index (χ3v) is 18.2. The number of unbranched alkanes of at least 4 members (excludes halogenated alkanes) is 19. The highest BCUT2D eigenvalue weighted by molar-refractivity contribution is 7.47. The van der Waals surface area contributed by atoms with Crippen LogP contribution in [0.5, 0.6) is 0 Å². The molecule has 0 aromatic heterocycles. The topological polar surface area (TPSA) is 237 Å². The van der Waals surface area contributed by atoms with Gasteiger partial charge in [-0.15, -0.1) is 0 Å². The fourth-order valence-corrected chi connectivity index (χ4v) is 11.7. The van der Waals surface area contributed by atoms with E-state index in [1.165, 1.54) is 64.2 Å². The van der Waals surface area contributed by atoms with Crippen molar-refractivity contribution in [1.82, 2.24) is 0 Å². The quantitative estimate of drug-likeness (QED) is 0.0169. The number of carbonyl (C=O) groups is 4. The fraction of sp³-hybridized carbons (Fsp3) is 0.618. The van der Waals surface area contributed by atoms with Crippen molar-refractivity contribution in [3.05, 3.63) is 182 Å². The molecule has 5 atom stereocenters. The van der Waals surface area contributed by atoms with Gasteiger partial charge in [-0.1, -0.05) is 281 Å². The van der Waals surface area contributed by atoms with E-state index in [2.05, 4.69) is 180 Å². The van der Waals surface area contributed by atoms with Gasteiger partial charge in [0.25, 0.3) is 0 Å². The molecule has 0 rings (SSSR count). The zero-order chi connectivity index (χ0) is 78.9. The number of phosphoric ester groups is 2. The van der Waals surface area contributed by atoms with Crippen LogP contribution in [0.25, 0.3) is 0 Å². The van der Waals surface area contributed by atoms with E-state index in [4.69, 9.17) is 37.0 Å². The monoisotopic (exact) mass is 1550 g/mol. The Balaban J connectivity index is 5.54. The Labute approximate surface area is 654 Å². The number of hydrogen-bond donors (Lipinski definition) is 3. The number of phosphoric acid groups is 2. The summed E-state index contributed by atoms with van der Waals surface area (Å²) in [4.78, 5) is 73.0. The molecule has 0 bridgehead atoms. The molecule has 0 saturated heterocycles. The van der Waals surface area contributed by atoms with Crippen LogP contribution in [0.3, 0.4) is 0 Å². The van der Waals surface area contributed by atoms with Crippen molar-refractivity contribution >= 4 is 39.5 Å². The first-order valence-corrected chi connectivity index (χ1v) is 44.0. The van der Waals surface area contributed by atoms with Crippen LogP contribution in [0.15, 0.2) is 182 Å². The number of ether oxygens (including phenoxy) is 4. The van der Waals surface area contributed by atoms with Gasteiger partial charge in [0, 0.05) is 25.7 Å². The van der Waals surface area contributed by atoms with Gasteiger partial charge in [-0.3, -0.25) is 37.3 Å². The summed E-state index contributed by atoms with van der Waals surface area (Å²) in [6.07, 6.45) is 96.0. The SMILES string of the molecule is CC/C=C\C/C=C\C/C=C\C/C=C\C/C=C\CCCCCC(=O)O[C@H](COC(=O)CC/C=C\C/C=C\C/C=C\C/C=C\C/C=C\CCCCC)COP(=O)(O)OC[C@@H](O)COP(=O)(O)OC[C@@H](COC(=O)CCC/C=C\C/C=C\C/C=C\C/C=C\CCCCC)OC(=O)CCCCCCC/C=C\CCCCCC. The van der Waals surface area contributed by atoms with Gasteiger partial charge in [-0.25, -0.2) is 9.13 Å². The highest BCUT2D eigenvalue weighted by Crippen LogP contribution is 2.45. The van der Waals surface area contributed by atoms with Crippen LogP contribution in [-0.2, 0) is 65.4 Å². The van der Waals surface area contributed by atoms with Crippen molar-refractivity contribution in [3.8, 4) is 0 Å². The van der Waals surface area contributed by atoms with Gasteiger partial charge in [0.2, 0.25) is 0 Å². The van der Waals surface area contributed by atoms with Crippen molar-refractivity contribution in [2.75, 3.05) is 39.6 Å². The number of rotatable bonds is 75. The van der Waals surface area contributed by atoms with Gasteiger partial charge < -0.3 is 33.8 Å². The van der Waals surface area contributed by atoms with E-state index in [1.54, 1.807) is 0 Å². The molecule has 0 aromatic carbocycles. The zero-order valence-electron chi connectivity index (χ0n) is 66.9. The van der Waals surface area contributed by atoms with Crippen LogP contribution in [0.4, 0.5) is 0 Å². The molecule has 0 amide bonds. The lowest BCUT2D eigenvalue weighted by molar-refractivity contribution is -0.161. The number of aliphatic hydroxyl groups excluding tert-OH is 1. The van der Waals surface area contributed by atoms with Gasteiger partial charge in [0.15, 0.2) is 12.2 Å². The van der Waals surface area contributed by atoms with Crippen LogP contribution in [0, 0.1) is 0 Å². The van der Waals surface area contributed by atoms with Crippen molar-refractivity contribution in [2.45, 2.75) is 316 Å². The Kier molecular flexibility index (Phi) is 75.0. The Hall–Kier alpha value is -5.84. The zero-order valence-corrected chi connectivity index (χ0v) is 68.7. The molecular weight excluding hydrogens is 1400 g/mol.